The molecule has 0 aliphatic carbocycles. The van der Waals surface area contributed by atoms with Gasteiger partial charge in [-0.2, -0.15) is 11.8 Å². The third-order valence-corrected chi connectivity index (χ3v) is 2.98. The molecule has 0 aliphatic heterocycles. The molecule has 0 fully saturated rings. The van der Waals surface area contributed by atoms with Crippen LogP contribution in [0.2, 0.25) is 0 Å². The van der Waals surface area contributed by atoms with E-state index in [0.717, 1.165) is 18.6 Å². The fraction of sp³-hybridized carbons (Fsp3) is 0.700. The minimum atomic E-state index is -0.913. The van der Waals surface area contributed by atoms with Gasteiger partial charge >= 0.3 is 5.97 Å². The molecule has 0 aromatic carbocycles. The highest BCUT2D eigenvalue weighted by Crippen LogP contribution is 2.08. The zero-order valence-corrected chi connectivity index (χ0v) is 9.26. The predicted molar refractivity (Wildman–Crippen MR) is 61.6 cm³/mol. The smallest absolute Gasteiger partial charge is 0.321 e. The largest absolute Gasteiger partial charge is 0.480 e. The highest BCUT2D eigenvalue weighted by Gasteiger charge is 2.09. The number of rotatable bonds is 9. The maximum Gasteiger partial charge on any atom is 0.321 e. The second-order valence-electron chi connectivity index (χ2n) is 3.16. The first-order valence-electron chi connectivity index (χ1n) is 4.85. The van der Waals surface area contributed by atoms with E-state index in [1.807, 2.05) is 6.08 Å². The third-order valence-electron chi connectivity index (χ3n) is 1.81. The monoisotopic (exact) mass is 217 g/mol. The summed E-state index contributed by atoms with van der Waals surface area (Å²) < 4.78 is 0. The summed E-state index contributed by atoms with van der Waals surface area (Å²) in [6.45, 7) is 3.65. The Kier molecular flexibility index (Phi) is 8.78. The summed E-state index contributed by atoms with van der Waals surface area (Å²) in [6, 6.07) is -0.715. The van der Waals surface area contributed by atoms with Gasteiger partial charge in [0.05, 0.1) is 0 Å². The van der Waals surface area contributed by atoms with Crippen molar-refractivity contribution in [3.05, 3.63) is 12.7 Å². The number of unbranched alkanes of at least 4 members (excludes halogenated alkanes) is 3. The number of hydrogen-bond donors (Lipinski definition) is 2. The number of nitrogens with two attached hydrogens (primary N) is 1. The molecule has 0 aromatic heterocycles. The minimum Gasteiger partial charge on any atom is -0.480 e. The average Bonchev–Trinajstić information content (AvgIpc) is 2.16. The van der Waals surface area contributed by atoms with Crippen molar-refractivity contribution in [3.8, 4) is 0 Å². The van der Waals surface area contributed by atoms with E-state index in [1.54, 1.807) is 11.8 Å². The maximum atomic E-state index is 10.4. The van der Waals surface area contributed by atoms with Gasteiger partial charge < -0.3 is 10.8 Å². The molecular formula is C10H19NO2S. The van der Waals surface area contributed by atoms with Crippen LogP contribution in [-0.4, -0.2) is 28.6 Å². The van der Waals surface area contributed by atoms with Crippen LogP contribution in [0.4, 0.5) is 0 Å². The molecule has 0 saturated heterocycles. The molecule has 0 aromatic rings. The van der Waals surface area contributed by atoms with E-state index in [4.69, 9.17) is 10.8 Å². The SMILES string of the molecule is C=CCCCCCSCC(N)C(=O)O. The second-order valence-corrected chi connectivity index (χ2v) is 4.31. The number of carboxylic acids is 1. The molecule has 0 rings (SSSR count). The molecule has 0 radical (unpaired) electrons. The average molecular weight is 217 g/mol. The number of thioether (sulfide) groups is 1. The zero-order valence-electron chi connectivity index (χ0n) is 8.45. The fourth-order valence-corrected chi connectivity index (χ4v) is 1.92. The van der Waals surface area contributed by atoms with Crippen molar-refractivity contribution in [2.75, 3.05) is 11.5 Å². The highest BCUT2D eigenvalue weighted by molar-refractivity contribution is 7.99. The number of allylic oxidation sites excluding steroid dienone is 1. The molecule has 0 aliphatic rings. The van der Waals surface area contributed by atoms with E-state index in [1.165, 1.54) is 12.8 Å². The lowest BCUT2D eigenvalue weighted by molar-refractivity contribution is -0.137. The number of carbonyl (C=O) groups is 1. The summed E-state index contributed by atoms with van der Waals surface area (Å²) in [6.07, 6.45) is 6.48. The van der Waals surface area contributed by atoms with E-state index in [-0.39, 0.29) is 0 Å². The van der Waals surface area contributed by atoms with E-state index in [2.05, 4.69) is 6.58 Å². The zero-order chi connectivity index (χ0) is 10.8. The fourth-order valence-electron chi connectivity index (χ4n) is 0.951. The summed E-state index contributed by atoms with van der Waals surface area (Å²) in [5.74, 6) is 0.596. The van der Waals surface area contributed by atoms with Crippen LogP contribution in [0.5, 0.6) is 0 Å². The predicted octanol–water partition coefficient (Wildman–Crippen LogP) is 1.88. The van der Waals surface area contributed by atoms with Gasteiger partial charge in [-0.1, -0.05) is 12.5 Å². The summed E-state index contributed by atoms with van der Waals surface area (Å²) in [7, 11) is 0. The Bertz CT molecular complexity index is 174. The lowest BCUT2D eigenvalue weighted by Crippen LogP contribution is -2.32. The van der Waals surface area contributed by atoms with Crippen molar-refractivity contribution in [1.29, 1.82) is 0 Å². The lowest BCUT2D eigenvalue weighted by Gasteiger charge is -2.05. The van der Waals surface area contributed by atoms with Crippen molar-refractivity contribution in [2.45, 2.75) is 31.7 Å². The van der Waals surface area contributed by atoms with E-state index in [0.29, 0.717) is 5.75 Å². The lowest BCUT2D eigenvalue weighted by atomic mass is 10.2. The standard InChI is InChI=1S/C10H19NO2S/c1-2-3-4-5-6-7-14-8-9(11)10(12)13/h2,9H,1,3-8,11H2,(H,12,13). The Morgan fingerprint density at radius 1 is 1.50 bits per heavy atom. The first-order valence-corrected chi connectivity index (χ1v) is 6.01. The molecule has 1 unspecified atom stereocenters. The van der Waals surface area contributed by atoms with Crippen molar-refractivity contribution < 1.29 is 9.90 Å². The molecule has 0 heterocycles. The molecular weight excluding hydrogens is 198 g/mol. The molecule has 0 saturated carbocycles. The van der Waals surface area contributed by atoms with Crippen LogP contribution >= 0.6 is 11.8 Å². The molecule has 0 bridgehead atoms. The number of carboxylic acid groups (broad SMARTS) is 1. The van der Waals surface area contributed by atoms with Crippen molar-refractivity contribution >= 4 is 17.7 Å². The molecule has 3 nitrogen and oxygen atoms in total. The van der Waals surface area contributed by atoms with Crippen LogP contribution in [0.25, 0.3) is 0 Å². The van der Waals surface area contributed by atoms with Gasteiger partial charge in [-0.05, 0) is 25.0 Å². The summed E-state index contributed by atoms with van der Waals surface area (Å²) in [4.78, 5) is 10.4. The van der Waals surface area contributed by atoms with Crippen molar-refractivity contribution in [2.24, 2.45) is 5.73 Å². The normalized spacial score (nSPS) is 12.4. The Balaban J connectivity index is 3.13. The van der Waals surface area contributed by atoms with Gasteiger partial charge in [-0.15, -0.1) is 6.58 Å². The van der Waals surface area contributed by atoms with Gasteiger partial charge in [-0.25, -0.2) is 0 Å². The van der Waals surface area contributed by atoms with E-state index >= 15 is 0 Å². The number of hydrogen-bond acceptors (Lipinski definition) is 3. The highest BCUT2D eigenvalue weighted by atomic mass is 32.2. The molecule has 0 spiro atoms. The first-order chi connectivity index (χ1) is 6.68. The molecule has 3 N–H and O–H groups in total. The minimum absolute atomic E-state index is 0.511. The Morgan fingerprint density at radius 3 is 2.79 bits per heavy atom. The van der Waals surface area contributed by atoms with E-state index in [9.17, 15) is 4.79 Å². The maximum absolute atomic E-state index is 10.4. The van der Waals surface area contributed by atoms with Gasteiger partial charge in [0.2, 0.25) is 0 Å². The molecule has 0 amide bonds. The Morgan fingerprint density at radius 2 is 2.21 bits per heavy atom. The molecule has 1 atom stereocenters. The van der Waals surface area contributed by atoms with Crippen LogP contribution in [0, 0.1) is 0 Å². The van der Waals surface area contributed by atoms with Gasteiger partial charge in [0.1, 0.15) is 6.04 Å². The quantitative estimate of drug-likeness (QED) is 0.457. The topological polar surface area (TPSA) is 63.3 Å². The Hall–Kier alpha value is -0.480. The first kappa shape index (κ1) is 13.5. The van der Waals surface area contributed by atoms with Crippen molar-refractivity contribution in [1.82, 2.24) is 0 Å². The van der Waals surface area contributed by atoms with Gasteiger partial charge in [0, 0.05) is 5.75 Å². The molecule has 14 heavy (non-hydrogen) atoms. The van der Waals surface area contributed by atoms with Crippen LogP contribution in [0.1, 0.15) is 25.7 Å². The van der Waals surface area contributed by atoms with Gasteiger partial charge in [-0.3, -0.25) is 4.79 Å². The third kappa shape index (κ3) is 8.13. The van der Waals surface area contributed by atoms with Crippen molar-refractivity contribution in [3.63, 3.8) is 0 Å². The van der Waals surface area contributed by atoms with Crippen LogP contribution in [0.15, 0.2) is 12.7 Å². The molecule has 4 heteroatoms. The van der Waals surface area contributed by atoms with Gasteiger partial charge in [0.25, 0.3) is 0 Å². The summed E-state index contributed by atoms with van der Waals surface area (Å²) >= 11 is 1.62. The van der Waals surface area contributed by atoms with Crippen LogP contribution < -0.4 is 5.73 Å². The van der Waals surface area contributed by atoms with E-state index < -0.39 is 12.0 Å². The Labute approximate surface area is 89.8 Å². The van der Waals surface area contributed by atoms with Crippen LogP contribution in [-0.2, 0) is 4.79 Å². The summed E-state index contributed by atoms with van der Waals surface area (Å²) in [5.41, 5.74) is 5.35. The number of aliphatic carboxylic acids is 1. The van der Waals surface area contributed by atoms with Gasteiger partial charge in [0.15, 0.2) is 0 Å². The van der Waals surface area contributed by atoms with Crippen LogP contribution in [0.3, 0.4) is 0 Å². The molecule has 82 valence electrons. The summed E-state index contributed by atoms with van der Waals surface area (Å²) in [5, 5.41) is 8.51. The second kappa shape index (κ2) is 9.09.